The molecule has 0 fully saturated rings. The number of halogens is 1. The lowest BCUT2D eigenvalue weighted by atomic mass is 10.2. The van der Waals surface area contributed by atoms with E-state index in [4.69, 9.17) is 0 Å². The van der Waals surface area contributed by atoms with Crippen LogP contribution in [0.15, 0.2) is 60.8 Å². The monoisotopic (exact) mass is 351 g/mol. The first-order valence-electron chi connectivity index (χ1n) is 7.95. The van der Waals surface area contributed by atoms with Gasteiger partial charge in [-0.3, -0.25) is 0 Å². The van der Waals surface area contributed by atoms with Gasteiger partial charge in [0.2, 0.25) is 0 Å². The summed E-state index contributed by atoms with van der Waals surface area (Å²) in [5, 5.41) is 5.39. The summed E-state index contributed by atoms with van der Waals surface area (Å²) >= 11 is 0. The van der Waals surface area contributed by atoms with E-state index in [2.05, 4.69) is 20.6 Å². The van der Waals surface area contributed by atoms with E-state index < -0.39 is 6.03 Å². The Kier molecular flexibility index (Phi) is 5.07. The Hall–Kier alpha value is -3.48. The van der Waals surface area contributed by atoms with Crippen LogP contribution in [0.2, 0.25) is 0 Å². The fourth-order valence-corrected chi connectivity index (χ4v) is 2.30. The molecule has 0 bridgehead atoms. The average Bonchev–Trinajstić information content (AvgIpc) is 2.64. The molecule has 0 spiro atoms. The molecule has 2 N–H and O–H groups in total. The van der Waals surface area contributed by atoms with Crippen LogP contribution in [0.25, 0.3) is 11.4 Å². The van der Waals surface area contributed by atoms with Crippen LogP contribution in [0.3, 0.4) is 0 Å². The standard InChI is InChI=1S/C19H18FN5O/c1-25(2)17-10-11-21-18(24-17)13-4-3-5-16(12-13)23-19(26)22-15-8-6-14(20)7-9-15/h3-12H,1-2H3,(H2,22,23,26). The maximum absolute atomic E-state index is 12.9. The summed E-state index contributed by atoms with van der Waals surface area (Å²) in [4.78, 5) is 22.8. The number of anilines is 3. The number of urea groups is 1. The molecule has 1 aromatic heterocycles. The molecule has 1 heterocycles. The normalized spacial score (nSPS) is 10.3. The van der Waals surface area contributed by atoms with Gasteiger partial charge in [-0.2, -0.15) is 0 Å². The molecule has 0 atom stereocenters. The molecule has 0 aliphatic rings. The number of rotatable bonds is 4. The van der Waals surface area contributed by atoms with Gasteiger partial charge in [0.05, 0.1) is 0 Å². The highest BCUT2D eigenvalue weighted by atomic mass is 19.1. The van der Waals surface area contributed by atoms with Gasteiger partial charge in [0, 0.05) is 37.2 Å². The maximum Gasteiger partial charge on any atom is 0.323 e. The van der Waals surface area contributed by atoms with Gasteiger partial charge in [-0.25, -0.2) is 19.2 Å². The van der Waals surface area contributed by atoms with Crippen LogP contribution < -0.4 is 15.5 Å². The summed E-state index contributed by atoms with van der Waals surface area (Å²) in [6.45, 7) is 0. The second kappa shape index (κ2) is 7.60. The topological polar surface area (TPSA) is 70.2 Å². The predicted octanol–water partition coefficient (Wildman–Crippen LogP) is 3.99. The Labute approximate surface area is 150 Å². The minimum atomic E-state index is -0.420. The van der Waals surface area contributed by atoms with Crippen molar-refractivity contribution in [1.29, 1.82) is 0 Å². The smallest absolute Gasteiger partial charge is 0.323 e. The summed E-state index contributed by atoms with van der Waals surface area (Å²) < 4.78 is 12.9. The minimum Gasteiger partial charge on any atom is -0.363 e. The molecule has 3 aromatic rings. The van der Waals surface area contributed by atoms with Gasteiger partial charge in [-0.15, -0.1) is 0 Å². The molecule has 26 heavy (non-hydrogen) atoms. The summed E-state index contributed by atoms with van der Waals surface area (Å²) in [5.41, 5.74) is 1.89. The number of hydrogen-bond donors (Lipinski definition) is 2. The second-order valence-corrected chi connectivity index (χ2v) is 5.80. The van der Waals surface area contributed by atoms with Crippen LogP contribution in [0.5, 0.6) is 0 Å². The van der Waals surface area contributed by atoms with Gasteiger partial charge in [0.15, 0.2) is 5.82 Å². The Morgan fingerprint density at radius 2 is 1.73 bits per heavy atom. The largest absolute Gasteiger partial charge is 0.363 e. The highest BCUT2D eigenvalue weighted by molar-refractivity contribution is 6.00. The quantitative estimate of drug-likeness (QED) is 0.746. The van der Waals surface area contributed by atoms with E-state index in [1.165, 1.54) is 24.3 Å². The van der Waals surface area contributed by atoms with Crippen LogP contribution >= 0.6 is 0 Å². The van der Waals surface area contributed by atoms with Gasteiger partial charge in [-0.05, 0) is 42.5 Å². The SMILES string of the molecule is CN(C)c1ccnc(-c2cccc(NC(=O)Nc3ccc(F)cc3)c2)n1. The summed E-state index contributed by atoms with van der Waals surface area (Å²) in [6.07, 6.45) is 1.69. The molecule has 2 amide bonds. The third-order valence-corrected chi connectivity index (χ3v) is 3.58. The first-order valence-corrected chi connectivity index (χ1v) is 7.95. The molecule has 2 aromatic carbocycles. The van der Waals surface area contributed by atoms with Crippen molar-refractivity contribution in [1.82, 2.24) is 9.97 Å². The third kappa shape index (κ3) is 4.32. The van der Waals surface area contributed by atoms with E-state index in [0.29, 0.717) is 17.2 Å². The molecular weight excluding hydrogens is 333 g/mol. The van der Waals surface area contributed by atoms with Crippen molar-refractivity contribution in [2.45, 2.75) is 0 Å². The van der Waals surface area contributed by atoms with E-state index in [0.717, 1.165) is 11.4 Å². The minimum absolute atomic E-state index is 0.358. The van der Waals surface area contributed by atoms with Gasteiger partial charge in [0.1, 0.15) is 11.6 Å². The zero-order valence-electron chi connectivity index (χ0n) is 14.4. The molecule has 0 saturated heterocycles. The number of aromatic nitrogens is 2. The highest BCUT2D eigenvalue weighted by Gasteiger charge is 2.07. The van der Waals surface area contributed by atoms with Crippen molar-refractivity contribution in [2.75, 3.05) is 29.6 Å². The van der Waals surface area contributed by atoms with Gasteiger partial charge in [-0.1, -0.05) is 12.1 Å². The molecular formula is C19H18FN5O. The number of nitrogens with one attached hydrogen (secondary N) is 2. The maximum atomic E-state index is 12.9. The van der Waals surface area contributed by atoms with Crippen molar-refractivity contribution in [3.05, 3.63) is 66.6 Å². The molecule has 6 nitrogen and oxygen atoms in total. The third-order valence-electron chi connectivity index (χ3n) is 3.58. The van der Waals surface area contributed by atoms with E-state index >= 15 is 0 Å². The van der Waals surface area contributed by atoms with Crippen molar-refractivity contribution in [2.24, 2.45) is 0 Å². The highest BCUT2D eigenvalue weighted by Crippen LogP contribution is 2.21. The first-order chi connectivity index (χ1) is 12.5. The number of carbonyl (C=O) groups excluding carboxylic acids is 1. The fourth-order valence-electron chi connectivity index (χ4n) is 2.30. The molecule has 0 unspecified atom stereocenters. The molecule has 132 valence electrons. The number of amides is 2. The lowest BCUT2D eigenvalue weighted by molar-refractivity contribution is 0.262. The van der Waals surface area contributed by atoms with E-state index in [9.17, 15) is 9.18 Å². The Bertz CT molecular complexity index is 912. The van der Waals surface area contributed by atoms with Gasteiger partial charge < -0.3 is 15.5 Å². The second-order valence-electron chi connectivity index (χ2n) is 5.80. The van der Waals surface area contributed by atoms with Crippen molar-refractivity contribution in [3.8, 4) is 11.4 Å². The Morgan fingerprint density at radius 1 is 1.00 bits per heavy atom. The van der Waals surface area contributed by atoms with Gasteiger partial charge in [0.25, 0.3) is 0 Å². The molecule has 0 aliphatic carbocycles. The van der Waals surface area contributed by atoms with Crippen molar-refractivity contribution >= 4 is 23.2 Å². The van der Waals surface area contributed by atoms with Crippen molar-refractivity contribution in [3.63, 3.8) is 0 Å². The zero-order valence-corrected chi connectivity index (χ0v) is 14.4. The average molecular weight is 351 g/mol. The fraction of sp³-hybridized carbons (Fsp3) is 0.105. The van der Waals surface area contributed by atoms with Crippen LogP contribution in [0, 0.1) is 5.82 Å². The summed E-state index contributed by atoms with van der Waals surface area (Å²) in [5.74, 6) is 1.00. The molecule has 0 aliphatic heterocycles. The molecule has 0 radical (unpaired) electrons. The van der Waals surface area contributed by atoms with Crippen LogP contribution in [0.1, 0.15) is 0 Å². The number of nitrogens with zero attached hydrogens (tertiary/aromatic N) is 3. The molecule has 3 rings (SSSR count). The van der Waals surface area contributed by atoms with Crippen molar-refractivity contribution < 1.29 is 9.18 Å². The van der Waals surface area contributed by atoms with Gasteiger partial charge >= 0.3 is 6.03 Å². The first kappa shape index (κ1) is 17.3. The summed E-state index contributed by atoms with van der Waals surface area (Å²) in [6, 6.07) is 14.2. The predicted molar refractivity (Wildman–Crippen MR) is 101 cm³/mol. The van der Waals surface area contributed by atoms with Crippen LogP contribution in [-0.4, -0.2) is 30.1 Å². The summed E-state index contributed by atoms with van der Waals surface area (Å²) in [7, 11) is 3.81. The van der Waals surface area contributed by atoms with E-state index in [-0.39, 0.29) is 5.82 Å². The molecule has 7 heteroatoms. The Morgan fingerprint density at radius 3 is 2.46 bits per heavy atom. The van der Waals surface area contributed by atoms with E-state index in [1.807, 2.05) is 37.2 Å². The number of carbonyl (C=O) groups is 1. The number of hydrogen-bond acceptors (Lipinski definition) is 4. The Balaban J connectivity index is 1.74. The number of benzene rings is 2. The lowest BCUT2D eigenvalue weighted by Gasteiger charge is -2.12. The zero-order chi connectivity index (χ0) is 18.5. The lowest BCUT2D eigenvalue weighted by Crippen LogP contribution is -2.19. The van der Waals surface area contributed by atoms with Crippen LogP contribution in [0.4, 0.5) is 26.4 Å². The van der Waals surface area contributed by atoms with E-state index in [1.54, 1.807) is 18.3 Å². The molecule has 0 saturated carbocycles. The van der Waals surface area contributed by atoms with Crippen LogP contribution in [-0.2, 0) is 0 Å².